The van der Waals surface area contributed by atoms with Crippen LogP contribution in [0.2, 0.25) is 0 Å². The van der Waals surface area contributed by atoms with Gasteiger partial charge in [-0.25, -0.2) is 13.2 Å². The summed E-state index contributed by atoms with van der Waals surface area (Å²) in [5, 5.41) is 12.1. The first-order valence-corrected chi connectivity index (χ1v) is 5.59. The number of aliphatic hydroxyl groups is 1. The van der Waals surface area contributed by atoms with Gasteiger partial charge in [-0.15, -0.1) is 0 Å². The van der Waals surface area contributed by atoms with Crippen molar-refractivity contribution in [2.75, 3.05) is 26.4 Å². The fourth-order valence-electron chi connectivity index (χ4n) is 1.80. The summed E-state index contributed by atoms with van der Waals surface area (Å²) in [6.45, 7) is 1.36. The zero-order chi connectivity index (χ0) is 13.2. The van der Waals surface area contributed by atoms with Crippen molar-refractivity contribution in [2.45, 2.75) is 6.54 Å². The lowest BCUT2D eigenvalue weighted by Gasteiger charge is -2.40. The van der Waals surface area contributed by atoms with Crippen LogP contribution in [0.3, 0.4) is 0 Å². The molecule has 3 nitrogen and oxygen atoms in total. The lowest BCUT2D eigenvalue weighted by atomic mass is 9.87. The molecular weight excluding hydrogens is 247 g/mol. The Labute approximate surface area is 103 Å². The van der Waals surface area contributed by atoms with E-state index in [2.05, 4.69) is 5.32 Å². The van der Waals surface area contributed by atoms with Crippen LogP contribution in [0, 0.1) is 22.9 Å². The van der Waals surface area contributed by atoms with E-state index < -0.39 is 17.5 Å². The van der Waals surface area contributed by atoms with E-state index in [1.807, 2.05) is 0 Å². The third-order valence-electron chi connectivity index (χ3n) is 3.06. The summed E-state index contributed by atoms with van der Waals surface area (Å²) in [5.74, 6) is -3.06. The van der Waals surface area contributed by atoms with Crippen LogP contribution in [0.4, 0.5) is 13.2 Å². The van der Waals surface area contributed by atoms with Gasteiger partial charge in [-0.05, 0) is 6.07 Å². The average molecular weight is 261 g/mol. The van der Waals surface area contributed by atoms with Gasteiger partial charge in [0.1, 0.15) is 5.82 Å². The number of benzene rings is 1. The van der Waals surface area contributed by atoms with E-state index in [1.54, 1.807) is 0 Å². The molecule has 1 saturated heterocycles. The largest absolute Gasteiger partial charge is 0.396 e. The Morgan fingerprint density at radius 2 is 1.83 bits per heavy atom. The van der Waals surface area contributed by atoms with Crippen molar-refractivity contribution < 1.29 is 23.0 Å². The van der Waals surface area contributed by atoms with E-state index in [0.717, 1.165) is 6.07 Å². The minimum absolute atomic E-state index is 0.0275. The molecular formula is C12H14F3NO2. The summed E-state index contributed by atoms with van der Waals surface area (Å²) < 4.78 is 44.0. The SMILES string of the molecule is OCC1(CNCc2cc(F)c(F)cc2F)COC1. The summed E-state index contributed by atoms with van der Waals surface area (Å²) in [4.78, 5) is 0. The Morgan fingerprint density at radius 3 is 2.39 bits per heavy atom. The van der Waals surface area contributed by atoms with Crippen LogP contribution in [0.1, 0.15) is 5.56 Å². The number of hydrogen-bond donors (Lipinski definition) is 2. The van der Waals surface area contributed by atoms with Gasteiger partial charge in [0, 0.05) is 24.7 Å². The van der Waals surface area contributed by atoms with Gasteiger partial charge in [-0.3, -0.25) is 0 Å². The first-order valence-electron chi connectivity index (χ1n) is 5.59. The summed E-state index contributed by atoms with van der Waals surface area (Å²) >= 11 is 0. The van der Waals surface area contributed by atoms with Crippen molar-refractivity contribution in [1.29, 1.82) is 0 Å². The normalized spacial score (nSPS) is 17.6. The van der Waals surface area contributed by atoms with Crippen LogP contribution in [0.15, 0.2) is 12.1 Å². The molecule has 18 heavy (non-hydrogen) atoms. The lowest BCUT2D eigenvalue weighted by Crippen LogP contribution is -2.52. The molecule has 100 valence electrons. The zero-order valence-corrected chi connectivity index (χ0v) is 9.68. The molecule has 2 rings (SSSR count). The number of halogens is 3. The molecule has 0 atom stereocenters. The van der Waals surface area contributed by atoms with E-state index in [4.69, 9.17) is 9.84 Å². The molecule has 1 aliphatic rings. The van der Waals surface area contributed by atoms with Crippen LogP contribution < -0.4 is 5.32 Å². The van der Waals surface area contributed by atoms with E-state index in [0.29, 0.717) is 25.8 Å². The maximum absolute atomic E-state index is 13.3. The summed E-state index contributed by atoms with van der Waals surface area (Å²) in [6.07, 6.45) is 0. The van der Waals surface area contributed by atoms with Gasteiger partial charge >= 0.3 is 0 Å². The molecule has 0 aromatic heterocycles. The first kappa shape index (κ1) is 13.3. The van der Waals surface area contributed by atoms with Crippen LogP contribution in [-0.2, 0) is 11.3 Å². The fraction of sp³-hybridized carbons (Fsp3) is 0.500. The third-order valence-corrected chi connectivity index (χ3v) is 3.06. The highest BCUT2D eigenvalue weighted by Crippen LogP contribution is 2.25. The number of aliphatic hydroxyl groups excluding tert-OH is 1. The third kappa shape index (κ3) is 2.66. The van der Waals surface area contributed by atoms with Gasteiger partial charge in [0.2, 0.25) is 0 Å². The van der Waals surface area contributed by atoms with Crippen LogP contribution >= 0.6 is 0 Å². The average Bonchev–Trinajstić information content (AvgIpc) is 2.29. The van der Waals surface area contributed by atoms with Crippen molar-refractivity contribution in [1.82, 2.24) is 5.32 Å². The van der Waals surface area contributed by atoms with Crippen LogP contribution in [0.25, 0.3) is 0 Å². The van der Waals surface area contributed by atoms with E-state index >= 15 is 0 Å². The summed E-state index contributed by atoms with van der Waals surface area (Å²) in [7, 11) is 0. The highest BCUT2D eigenvalue weighted by molar-refractivity contribution is 5.20. The number of nitrogens with one attached hydrogen (secondary N) is 1. The maximum atomic E-state index is 13.3. The lowest BCUT2D eigenvalue weighted by molar-refractivity contribution is -0.134. The highest BCUT2D eigenvalue weighted by atomic mass is 19.2. The molecule has 0 saturated carbocycles. The highest BCUT2D eigenvalue weighted by Gasteiger charge is 2.37. The molecule has 0 aliphatic carbocycles. The van der Waals surface area contributed by atoms with E-state index in [-0.39, 0.29) is 24.1 Å². The van der Waals surface area contributed by atoms with Gasteiger partial charge in [0.25, 0.3) is 0 Å². The van der Waals surface area contributed by atoms with Crippen molar-refractivity contribution >= 4 is 0 Å². The summed E-state index contributed by atoms with van der Waals surface area (Å²) in [5.41, 5.74) is -0.281. The molecule has 1 heterocycles. The van der Waals surface area contributed by atoms with Crippen molar-refractivity contribution in [3.05, 3.63) is 35.1 Å². The number of ether oxygens (including phenoxy) is 1. The Bertz CT molecular complexity index is 430. The van der Waals surface area contributed by atoms with Gasteiger partial charge < -0.3 is 15.2 Å². The number of rotatable bonds is 5. The second-order valence-electron chi connectivity index (χ2n) is 4.61. The smallest absolute Gasteiger partial charge is 0.161 e. The topological polar surface area (TPSA) is 41.5 Å². The Morgan fingerprint density at radius 1 is 1.17 bits per heavy atom. The van der Waals surface area contributed by atoms with Crippen LogP contribution in [0.5, 0.6) is 0 Å². The predicted molar refractivity (Wildman–Crippen MR) is 58.4 cm³/mol. The summed E-state index contributed by atoms with van der Waals surface area (Å²) in [6, 6.07) is 1.36. The molecule has 0 bridgehead atoms. The predicted octanol–water partition coefficient (Wildman–Crippen LogP) is 1.20. The molecule has 1 aromatic rings. The Kier molecular flexibility index (Phi) is 3.89. The minimum atomic E-state index is -1.20. The molecule has 6 heteroatoms. The molecule has 0 radical (unpaired) electrons. The zero-order valence-electron chi connectivity index (χ0n) is 9.68. The second-order valence-corrected chi connectivity index (χ2v) is 4.61. The molecule has 0 unspecified atom stereocenters. The maximum Gasteiger partial charge on any atom is 0.161 e. The monoisotopic (exact) mass is 261 g/mol. The second kappa shape index (κ2) is 5.26. The Balaban J connectivity index is 1.92. The van der Waals surface area contributed by atoms with Gasteiger partial charge in [0.05, 0.1) is 25.2 Å². The number of hydrogen-bond acceptors (Lipinski definition) is 3. The van der Waals surface area contributed by atoms with Crippen molar-refractivity contribution in [3.8, 4) is 0 Å². The quantitative estimate of drug-likeness (QED) is 0.783. The fourth-order valence-corrected chi connectivity index (χ4v) is 1.80. The molecule has 1 aliphatic heterocycles. The molecule has 1 aromatic carbocycles. The van der Waals surface area contributed by atoms with E-state index in [1.165, 1.54) is 0 Å². The molecule has 0 spiro atoms. The van der Waals surface area contributed by atoms with Crippen LogP contribution in [-0.4, -0.2) is 31.5 Å². The first-order chi connectivity index (χ1) is 8.56. The molecule has 0 amide bonds. The Hall–Kier alpha value is -1.11. The molecule has 2 N–H and O–H groups in total. The minimum Gasteiger partial charge on any atom is -0.396 e. The van der Waals surface area contributed by atoms with Crippen molar-refractivity contribution in [2.24, 2.45) is 5.41 Å². The molecule has 1 fully saturated rings. The van der Waals surface area contributed by atoms with E-state index in [9.17, 15) is 13.2 Å². The standard InChI is InChI=1S/C12H14F3NO2/c13-9-2-11(15)10(14)1-8(9)3-16-4-12(5-17)6-18-7-12/h1-2,16-17H,3-7H2. The van der Waals surface area contributed by atoms with Gasteiger partial charge in [0.15, 0.2) is 11.6 Å². The van der Waals surface area contributed by atoms with Gasteiger partial charge in [-0.2, -0.15) is 0 Å². The van der Waals surface area contributed by atoms with Gasteiger partial charge in [-0.1, -0.05) is 0 Å². The van der Waals surface area contributed by atoms with Crippen molar-refractivity contribution in [3.63, 3.8) is 0 Å².